The maximum atomic E-state index is 10.9. The summed E-state index contributed by atoms with van der Waals surface area (Å²) in [4.78, 5) is 10.9. The molecular formula is C8H16N2O. The standard InChI is InChI=1S/C8H16N2O/c1-7(2)6-8(11)10-5-3-4-9/h6H,3-5,9H2,1-2H3,(H,10,11). The van der Waals surface area contributed by atoms with Gasteiger partial charge in [-0.15, -0.1) is 0 Å². The van der Waals surface area contributed by atoms with Crippen molar-refractivity contribution in [2.75, 3.05) is 13.1 Å². The van der Waals surface area contributed by atoms with Gasteiger partial charge in [0.15, 0.2) is 0 Å². The van der Waals surface area contributed by atoms with Crippen LogP contribution in [0.3, 0.4) is 0 Å². The fraction of sp³-hybridized carbons (Fsp3) is 0.625. The maximum Gasteiger partial charge on any atom is 0.243 e. The van der Waals surface area contributed by atoms with E-state index in [0.717, 1.165) is 12.0 Å². The Hall–Kier alpha value is -0.830. The molecule has 0 heterocycles. The number of nitrogens with one attached hydrogen (secondary N) is 1. The predicted octanol–water partition coefficient (Wildman–Crippen LogP) is 0.418. The van der Waals surface area contributed by atoms with Gasteiger partial charge >= 0.3 is 0 Å². The Kier molecular flexibility index (Phi) is 5.47. The van der Waals surface area contributed by atoms with Crippen molar-refractivity contribution < 1.29 is 4.79 Å². The lowest BCUT2D eigenvalue weighted by atomic mass is 10.3. The summed E-state index contributed by atoms with van der Waals surface area (Å²) in [5.41, 5.74) is 6.26. The molecule has 3 heteroatoms. The lowest BCUT2D eigenvalue weighted by Gasteiger charge is -1.99. The van der Waals surface area contributed by atoms with Gasteiger partial charge in [-0.05, 0) is 26.8 Å². The fourth-order valence-corrected chi connectivity index (χ4v) is 0.627. The zero-order chi connectivity index (χ0) is 8.69. The Bertz CT molecular complexity index is 148. The van der Waals surface area contributed by atoms with Crippen molar-refractivity contribution in [3.05, 3.63) is 11.6 Å². The van der Waals surface area contributed by atoms with Crippen molar-refractivity contribution in [3.63, 3.8) is 0 Å². The minimum absolute atomic E-state index is 0.0292. The third-order valence-corrected chi connectivity index (χ3v) is 1.10. The number of hydrogen-bond donors (Lipinski definition) is 2. The van der Waals surface area contributed by atoms with Crippen molar-refractivity contribution in [2.24, 2.45) is 5.73 Å². The molecule has 64 valence electrons. The molecule has 0 saturated heterocycles. The molecule has 0 atom stereocenters. The van der Waals surface area contributed by atoms with Crippen LogP contribution in [0.2, 0.25) is 0 Å². The molecule has 0 radical (unpaired) electrons. The molecule has 0 bridgehead atoms. The number of allylic oxidation sites excluding steroid dienone is 1. The van der Waals surface area contributed by atoms with Gasteiger partial charge in [-0.25, -0.2) is 0 Å². The number of nitrogens with two attached hydrogens (primary N) is 1. The highest BCUT2D eigenvalue weighted by molar-refractivity contribution is 5.87. The van der Waals surface area contributed by atoms with E-state index in [1.807, 2.05) is 13.8 Å². The Labute approximate surface area is 67.7 Å². The molecule has 3 nitrogen and oxygen atoms in total. The van der Waals surface area contributed by atoms with E-state index in [2.05, 4.69) is 5.32 Å². The van der Waals surface area contributed by atoms with E-state index in [-0.39, 0.29) is 5.91 Å². The molecule has 0 aromatic rings. The second-order valence-corrected chi connectivity index (χ2v) is 2.65. The van der Waals surface area contributed by atoms with Crippen LogP contribution >= 0.6 is 0 Å². The molecule has 1 amide bonds. The van der Waals surface area contributed by atoms with Gasteiger partial charge in [0.25, 0.3) is 0 Å². The second kappa shape index (κ2) is 5.92. The Balaban J connectivity index is 3.46. The van der Waals surface area contributed by atoms with E-state index >= 15 is 0 Å². The van der Waals surface area contributed by atoms with Gasteiger partial charge in [-0.2, -0.15) is 0 Å². The van der Waals surface area contributed by atoms with Crippen LogP contribution < -0.4 is 11.1 Å². The molecule has 0 rings (SSSR count). The number of hydrogen-bond acceptors (Lipinski definition) is 2. The zero-order valence-electron chi connectivity index (χ0n) is 7.18. The molecule has 0 aromatic carbocycles. The Morgan fingerprint density at radius 2 is 2.18 bits per heavy atom. The molecule has 11 heavy (non-hydrogen) atoms. The molecule has 0 aliphatic heterocycles. The molecule has 0 aliphatic carbocycles. The molecule has 0 spiro atoms. The summed E-state index contributed by atoms with van der Waals surface area (Å²) in [6, 6.07) is 0. The first-order valence-corrected chi connectivity index (χ1v) is 3.79. The molecule has 0 aliphatic rings. The van der Waals surface area contributed by atoms with Crippen LogP contribution in [0.4, 0.5) is 0 Å². The van der Waals surface area contributed by atoms with E-state index in [9.17, 15) is 4.79 Å². The van der Waals surface area contributed by atoms with Crippen molar-refractivity contribution in [1.29, 1.82) is 0 Å². The highest BCUT2D eigenvalue weighted by atomic mass is 16.1. The van der Waals surface area contributed by atoms with E-state index in [1.54, 1.807) is 6.08 Å². The first kappa shape index (κ1) is 10.2. The lowest BCUT2D eigenvalue weighted by molar-refractivity contribution is -0.116. The molecular weight excluding hydrogens is 140 g/mol. The second-order valence-electron chi connectivity index (χ2n) is 2.65. The quantitative estimate of drug-likeness (QED) is 0.458. The first-order valence-electron chi connectivity index (χ1n) is 3.79. The molecule has 0 fully saturated rings. The van der Waals surface area contributed by atoms with Gasteiger partial charge < -0.3 is 11.1 Å². The summed E-state index contributed by atoms with van der Waals surface area (Å²) in [5, 5.41) is 2.72. The van der Waals surface area contributed by atoms with Gasteiger partial charge in [0, 0.05) is 12.6 Å². The van der Waals surface area contributed by atoms with Gasteiger partial charge in [0.1, 0.15) is 0 Å². The topological polar surface area (TPSA) is 55.1 Å². The Morgan fingerprint density at radius 1 is 1.55 bits per heavy atom. The third kappa shape index (κ3) is 7.06. The summed E-state index contributed by atoms with van der Waals surface area (Å²) < 4.78 is 0. The minimum Gasteiger partial charge on any atom is -0.353 e. The Morgan fingerprint density at radius 3 is 2.64 bits per heavy atom. The lowest BCUT2D eigenvalue weighted by Crippen LogP contribution is -2.24. The summed E-state index contributed by atoms with van der Waals surface area (Å²) in [6.45, 7) is 5.07. The molecule has 0 unspecified atom stereocenters. The van der Waals surface area contributed by atoms with Crippen LogP contribution in [0.25, 0.3) is 0 Å². The maximum absolute atomic E-state index is 10.9. The average Bonchev–Trinajstić information content (AvgIpc) is 1.86. The first-order chi connectivity index (χ1) is 5.16. The monoisotopic (exact) mass is 156 g/mol. The van der Waals surface area contributed by atoms with E-state index in [4.69, 9.17) is 5.73 Å². The van der Waals surface area contributed by atoms with Gasteiger partial charge in [0.05, 0.1) is 0 Å². The van der Waals surface area contributed by atoms with Crippen LogP contribution in [-0.4, -0.2) is 19.0 Å². The number of carbonyl (C=O) groups is 1. The smallest absolute Gasteiger partial charge is 0.243 e. The number of rotatable bonds is 4. The molecule has 3 N–H and O–H groups in total. The van der Waals surface area contributed by atoms with Crippen LogP contribution in [0.1, 0.15) is 20.3 Å². The third-order valence-electron chi connectivity index (χ3n) is 1.10. The van der Waals surface area contributed by atoms with E-state index in [1.165, 1.54) is 0 Å². The van der Waals surface area contributed by atoms with E-state index in [0.29, 0.717) is 13.1 Å². The van der Waals surface area contributed by atoms with Crippen molar-refractivity contribution in [1.82, 2.24) is 5.32 Å². The highest BCUT2D eigenvalue weighted by Gasteiger charge is 1.92. The summed E-state index contributed by atoms with van der Waals surface area (Å²) in [5.74, 6) is -0.0292. The minimum atomic E-state index is -0.0292. The largest absolute Gasteiger partial charge is 0.353 e. The summed E-state index contributed by atoms with van der Waals surface area (Å²) >= 11 is 0. The van der Waals surface area contributed by atoms with Gasteiger partial charge in [0.2, 0.25) is 5.91 Å². The van der Waals surface area contributed by atoms with Gasteiger partial charge in [-0.1, -0.05) is 5.57 Å². The molecule has 0 saturated carbocycles. The summed E-state index contributed by atoms with van der Waals surface area (Å²) in [6.07, 6.45) is 2.42. The number of amides is 1. The van der Waals surface area contributed by atoms with Crippen LogP contribution in [-0.2, 0) is 4.79 Å². The summed E-state index contributed by atoms with van der Waals surface area (Å²) in [7, 11) is 0. The van der Waals surface area contributed by atoms with Crippen LogP contribution in [0.15, 0.2) is 11.6 Å². The number of carbonyl (C=O) groups excluding carboxylic acids is 1. The molecule has 0 aromatic heterocycles. The zero-order valence-corrected chi connectivity index (χ0v) is 7.18. The van der Waals surface area contributed by atoms with Crippen molar-refractivity contribution in [3.8, 4) is 0 Å². The van der Waals surface area contributed by atoms with Crippen molar-refractivity contribution >= 4 is 5.91 Å². The van der Waals surface area contributed by atoms with Crippen LogP contribution in [0, 0.1) is 0 Å². The van der Waals surface area contributed by atoms with Crippen molar-refractivity contribution in [2.45, 2.75) is 20.3 Å². The van der Waals surface area contributed by atoms with Crippen LogP contribution in [0.5, 0.6) is 0 Å². The normalized spacial score (nSPS) is 9.00. The van der Waals surface area contributed by atoms with Gasteiger partial charge in [-0.3, -0.25) is 4.79 Å². The average molecular weight is 156 g/mol. The predicted molar refractivity (Wildman–Crippen MR) is 46.1 cm³/mol. The highest BCUT2D eigenvalue weighted by Crippen LogP contribution is 1.86. The fourth-order valence-electron chi connectivity index (χ4n) is 0.627. The van der Waals surface area contributed by atoms with E-state index < -0.39 is 0 Å². The SMILES string of the molecule is CC(C)=CC(=O)NCCCN.